The molecule has 1 atom stereocenters. The van der Waals surface area contributed by atoms with E-state index in [1.807, 2.05) is 73.1 Å². The predicted octanol–water partition coefficient (Wildman–Crippen LogP) is 4.25. The van der Waals surface area contributed by atoms with Gasteiger partial charge < -0.3 is 19.4 Å². The summed E-state index contributed by atoms with van der Waals surface area (Å²) in [4.78, 5) is 12.6. The molecular weight excluding hydrogens is 316 g/mol. The van der Waals surface area contributed by atoms with Gasteiger partial charge in [0, 0.05) is 22.8 Å². The van der Waals surface area contributed by atoms with Gasteiger partial charge in [0.25, 0.3) is 0 Å². The number of aromatic nitrogens is 1. The van der Waals surface area contributed by atoms with E-state index in [0.29, 0.717) is 6.61 Å². The molecule has 1 heterocycles. The van der Waals surface area contributed by atoms with Crippen LogP contribution < -0.4 is 14.8 Å². The number of anilines is 1. The van der Waals surface area contributed by atoms with Crippen LogP contribution in [0.15, 0.2) is 54.7 Å². The minimum absolute atomic E-state index is 0.0718. The molecular formula is C20H22N2O3. The van der Waals surface area contributed by atoms with Gasteiger partial charge >= 0.3 is 0 Å². The summed E-state index contributed by atoms with van der Waals surface area (Å²) >= 11 is 0. The lowest BCUT2D eigenvalue weighted by molar-refractivity contribution is -0.118. The van der Waals surface area contributed by atoms with Crippen LogP contribution >= 0.6 is 0 Å². The number of carbonyl (C=O) groups excluding carboxylic acids is 1. The van der Waals surface area contributed by atoms with Crippen LogP contribution in [0.3, 0.4) is 0 Å². The first-order valence-corrected chi connectivity index (χ1v) is 8.30. The summed E-state index contributed by atoms with van der Waals surface area (Å²) < 4.78 is 12.6. The average molecular weight is 338 g/mol. The molecule has 0 saturated heterocycles. The van der Waals surface area contributed by atoms with Crippen LogP contribution in [0.4, 0.5) is 5.69 Å². The van der Waals surface area contributed by atoms with Crippen LogP contribution in [-0.2, 0) is 4.79 Å². The van der Waals surface area contributed by atoms with E-state index in [1.54, 1.807) is 7.11 Å². The van der Waals surface area contributed by atoms with E-state index in [-0.39, 0.29) is 11.9 Å². The summed E-state index contributed by atoms with van der Waals surface area (Å²) in [6, 6.07) is 14.9. The number of ether oxygens (including phenoxy) is 2. The van der Waals surface area contributed by atoms with Gasteiger partial charge in [0.15, 0.2) is 0 Å². The van der Waals surface area contributed by atoms with Gasteiger partial charge in [0.1, 0.15) is 17.5 Å². The minimum atomic E-state index is -0.336. The number of hydrogen-bond acceptors (Lipinski definition) is 3. The molecule has 1 amide bonds. The number of fused-ring (bicyclic) bond motifs is 1. The maximum atomic E-state index is 12.6. The first-order chi connectivity index (χ1) is 12.1. The molecule has 5 heteroatoms. The van der Waals surface area contributed by atoms with Crippen molar-refractivity contribution in [3.8, 4) is 11.5 Å². The van der Waals surface area contributed by atoms with Crippen LogP contribution in [0, 0.1) is 0 Å². The van der Waals surface area contributed by atoms with Crippen molar-refractivity contribution in [3.63, 3.8) is 0 Å². The monoisotopic (exact) mass is 338 g/mol. The zero-order valence-electron chi connectivity index (χ0n) is 14.7. The van der Waals surface area contributed by atoms with Gasteiger partial charge in [-0.2, -0.15) is 0 Å². The Bertz CT molecular complexity index is 868. The number of amides is 1. The van der Waals surface area contributed by atoms with E-state index >= 15 is 0 Å². The molecule has 1 aromatic heterocycles. The molecule has 0 radical (unpaired) electrons. The second kappa shape index (κ2) is 7.30. The van der Waals surface area contributed by atoms with Crippen molar-refractivity contribution in [2.24, 2.45) is 0 Å². The van der Waals surface area contributed by atoms with Crippen molar-refractivity contribution in [3.05, 3.63) is 54.7 Å². The highest BCUT2D eigenvalue weighted by molar-refractivity contribution is 5.95. The summed E-state index contributed by atoms with van der Waals surface area (Å²) in [6.45, 7) is 4.44. The molecule has 0 aliphatic heterocycles. The van der Waals surface area contributed by atoms with E-state index in [0.717, 1.165) is 28.1 Å². The Morgan fingerprint density at radius 3 is 2.52 bits per heavy atom. The molecule has 0 aliphatic carbocycles. The number of carbonyl (C=O) groups is 1. The Labute approximate surface area is 147 Å². The molecule has 0 fully saturated rings. The van der Waals surface area contributed by atoms with E-state index in [4.69, 9.17) is 9.47 Å². The summed E-state index contributed by atoms with van der Waals surface area (Å²) in [5, 5.41) is 3.99. The van der Waals surface area contributed by atoms with Crippen molar-refractivity contribution < 1.29 is 14.3 Å². The maximum absolute atomic E-state index is 12.6. The van der Waals surface area contributed by atoms with E-state index in [2.05, 4.69) is 5.32 Å². The third-order valence-electron chi connectivity index (χ3n) is 4.16. The normalized spacial score (nSPS) is 12.0. The topological polar surface area (TPSA) is 52.5 Å². The molecule has 0 aliphatic rings. The van der Waals surface area contributed by atoms with E-state index in [9.17, 15) is 4.79 Å². The Balaban J connectivity index is 1.76. The number of nitrogens with zero attached hydrogens (tertiary/aromatic N) is 1. The first-order valence-electron chi connectivity index (χ1n) is 8.30. The number of nitrogens with one attached hydrogen (secondary N) is 1. The van der Waals surface area contributed by atoms with Gasteiger partial charge in [-0.1, -0.05) is 0 Å². The predicted molar refractivity (Wildman–Crippen MR) is 99.4 cm³/mol. The molecule has 1 unspecified atom stereocenters. The second-order valence-electron chi connectivity index (χ2n) is 5.77. The third kappa shape index (κ3) is 3.60. The van der Waals surface area contributed by atoms with Gasteiger partial charge in [-0.3, -0.25) is 4.79 Å². The lowest BCUT2D eigenvalue weighted by atomic mass is 10.2. The molecule has 0 saturated carbocycles. The summed E-state index contributed by atoms with van der Waals surface area (Å²) in [6.07, 6.45) is 1.92. The van der Waals surface area contributed by atoms with Gasteiger partial charge in [0.05, 0.1) is 13.7 Å². The number of benzene rings is 2. The number of hydrogen-bond donors (Lipinski definition) is 1. The Kier molecular flexibility index (Phi) is 4.93. The van der Waals surface area contributed by atoms with Crippen LogP contribution in [0.25, 0.3) is 10.9 Å². The highest BCUT2D eigenvalue weighted by atomic mass is 16.5. The summed E-state index contributed by atoms with van der Waals surface area (Å²) in [5.74, 6) is 1.52. The fourth-order valence-electron chi connectivity index (χ4n) is 2.78. The highest BCUT2D eigenvalue weighted by Crippen LogP contribution is 2.25. The van der Waals surface area contributed by atoms with Gasteiger partial charge in [-0.05, 0) is 62.4 Å². The lowest BCUT2D eigenvalue weighted by Crippen LogP contribution is -2.23. The van der Waals surface area contributed by atoms with Gasteiger partial charge in [-0.15, -0.1) is 0 Å². The fraction of sp³-hybridized carbons (Fsp3) is 0.250. The summed E-state index contributed by atoms with van der Waals surface area (Å²) in [5.41, 5.74) is 1.74. The fourth-order valence-corrected chi connectivity index (χ4v) is 2.78. The van der Waals surface area contributed by atoms with E-state index < -0.39 is 0 Å². The molecule has 3 aromatic rings. The largest absolute Gasteiger partial charge is 0.497 e. The standard InChI is InChI=1S/C20H22N2O3/c1-4-25-17-7-5-16(6-8-17)21-20(23)14(2)22-12-11-15-13-18(24-3)9-10-19(15)22/h5-14H,4H2,1-3H3,(H,21,23). The second-order valence-corrected chi connectivity index (χ2v) is 5.77. The highest BCUT2D eigenvalue weighted by Gasteiger charge is 2.17. The molecule has 5 nitrogen and oxygen atoms in total. The van der Waals surface area contributed by atoms with Crippen molar-refractivity contribution >= 4 is 22.5 Å². The Morgan fingerprint density at radius 1 is 1.12 bits per heavy atom. The lowest BCUT2D eigenvalue weighted by Gasteiger charge is -2.16. The number of methoxy groups -OCH3 is 1. The van der Waals surface area contributed by atoms with Crippen molar-refractivity contribution in [2.45, 2.75) is 19.9 Å². The first kappa shape index (κ1) is 16.9. The molecule has 130 valence electrons. The molecule has 0 bridgehead atoms. The van der Waals surface area contributed by atoms with E-state index in [1.165, 1.54) is 0 Å². The Hall–Kier alpha value is -2.95. The SMILES string of the molecule is CCOc1ccc(NC(=O)C(C)n2ccc3cc(OC)ccc32)cc1. The molecule has 2 aromatic carbocycles. The Morgan fingerprint density at radius 2 is 1.84 bits per heavy atom. The van der Waals surface area contributed by atoms with Crippen LogP contribution in [-0.4, -0.2) is 24.2 Å². The van der Waals surface area contributed by atoms with Crippen molar-refractivity contribution in [1.82, 2.24) is 4.57 Å². The molecule has 0 spiro atoms. The van der Waals surface area contributed by atoms with Gasteiger partial charge in [-0.25, -0.2) is 0 Å². The average Bonchev–Trinajstić information content (AvgIpc) is 3.05. The van der Waals surface area contributed by atoms with Crippen LogP contribution in [0.5, 0.6) is 11.5 Å². The number of rotatable bonds is 6. The molecule has 1 N–H and O–H groups in total. The third-order valence-corrected chi connectivity index (χ3v) is 4.16. The minimum Gasteiger partial charge on any atom is -0.497 e. The molecule has 25 heavy (non-hydrogen) atoms. The quantitative estimate of drug-likeness (QED) is 0.731. The molecule has 3 rings (SSSR count). The van der Waals surface area contributed by atoms with Crippen molar-refractivity contribution in [2.75, 3.05) is 19.0 Å². The van der Waals surface area contributed by atoms with Crippen LogP contribution in [0.1, 0.15) is 19.9 Å². The smallest absolute Gasteiger partial charge is 0.247 e. The zero-order valence-corrected chi connectivity index (χ0v) is 14.7. The summed E-state index contributed by atoms with van der Waals surface area (Å²) in [7, 11) is 1.64. The van der Waals surface area contributed by atoms with Crippen LogP contribution in [0.2, 0.25) is 0 Å². The van der Waals surface area contributed by atoms with Gasteiger partial charge in [0.2, 0.25) is 5.91 Å². The maximum Gasteiger partial charge on any atom is 0.247 e. The van der Waals surface area contributed by atoms with Crippen molar-refractivity contribution in [1.29, 1.82) is 0 Å². The zero-order chi connectivity index (χ0) is 17.8.